The number of anilines is 1. The summed E-state index contributed by atoms with van der Waals surface area (Å²) in [5, 5.41) is 14.5. The fraction of sp³-hybridized carbons (Fsp3) is 0.231. The molecule has 2 aromatic rings. The summed E-state index contributed by atoms with van der Waals surface area (Å²) in [5.41, 5.74) is 0.502. The van der Waals surface area contributed by atoms with Gasteiger partial charge in [-0.2, -0.15) is 4.98 Å². The molecule has 0 aliphatic rings. The Kier molecular flexibility index (Phi) is 4.54. The van der Waals surface area contributed by atoms with Gasteiger partial charge in [0.2, 0.25) is 5.95 Å². The van der Waals surface area contributed by atoms with E-state index in [1.165, 1.54) is 0 Å². The van der Waals surface area contributed by atoms with Crippen molar-refractivity contribution in [2.24, 2.45) is 0 Å². The molecule has 0 aliphatic heterocycles. The van der Waals surface area contributed by atoms with Crippen LogP contribution in [0.25, 0.3) is 0 Å². The number of hydrogen-bond donors (Lipinski definition) is 1. The lowest BCUT2D eigenvalue weighted by Crippen LogP contribution is -2.05. The molecule has 0 saturated carbocycles. The molecule has 0 radical (unpaired) electrons. The Balaban J connectivity index is 2.37. The average molecular weight is 309 g/mol. The van der Waals surface area contributed by atoms with Crippen LogP contribution in [0.1, 0.15) is 12.5 Å². The highest BCUT2D eigenvalue weighted by atomic mass is 35.5. The molecule has 0 fully saturated rings. The van der Waals surface area contributed by atoms with Crippen LogP contribution in [-0.2, 0) is 0 Å². The quantitative estimate of drug-likeness (QED) is 0.670. The van der Waals surface area contributed by atoms with E-state index in [1.54, 1.807) is 18.2 Å². The first kappa shape index (κ1) is 15.0. The predicted molar refractivity (Wildman–Crippen MR) is 79.1 cm³/mol. The number of ether oxygens (including phenoxy) is 1. The molecule has 0 saturated heterocycles. The molecule has 0 unspecified atom stereocenters. The van der Waals surface area contributed by atoms with E-state index in [9.17, 15) is 10.1 Å². The standard InChI is InChI=1S/C13H13ClN4O3/c1-3-15-13-16-7-11(18(19)20)12(17-13)21-9-4-5-10(14)8(2)6-9/h4-7H,3H2,1-2H3,(H,15,16,17). The van der Waals surface area contributed by atoms with Crippen molar-refractivity contribution >= 4 is 23.2 Å². The molecule has 0 atom stereocenters. The molecule has 21 heavy (non-hydrogen) atoms. The minimum absolute atomic E-state index is 0.118. The van der Waals surface area contributed by atoms with Crippen molar-refractivity contribution in [3.8, 4) is 11.6 Å². The highest BCUT2D eigenvalue weighted by molar-refractivity contribution is 6.31. The molecule has 0 aliphatic carbocycles. The summed E-state index contributed by atoms with van der Waals surface area (Å²) < 4.78 is 5.50. The van der Waals surface area contributed by atoms with E-state index in [-0.39, 0.29) is 17.5 Å². The van der Waals surface area contributed by atoms with Crippen LogP contribution in [0.2, 0.25) is 5.02 Å². The number of aromatic nitrogens is 2. The van der Waals surface area contributed by atoms with Crippen molar-refractivity contribution in [3.63, 3.8) is 0 Å². The van der Waals surface area contributed by atoms with E-state index in [2.05, 4.69) is 15.3 Å². The highest BCUT2D eigenvalue weighted by Gasteiger charge is 2.19. The molecule has 2 rings (SSSR count). The molecule has 7 nitrogen and oxygen atoms in total. The summed E-state index contributed by atoms with van der Waals surface area (Å²) in [6.07, 6.45) is 1.11. The third kappa shape index (κ3) is 3.57. The number of hydrogen-bond acceptors (Lipinski definition) is 6. The normalized spacial score (nSPS) is 10.2. The lowest BCUT2D eigenvalue weighted by molar-refractivity contribution is -0.386. The van der Waals surface area contributed by atoms with Crippen LogP contribution in [-0.4, -0.2) is 21.4 Å². The van der Waals surface area contributed by atoms with Gasteiger partial charge in [0.05, 0.1) is 4.92 Å². The highest BCUT2D eigenvalue weighted by Crippen LogP contribution is 2.31. The number of nitrogens with one attached hydrogen (secondary N) is 1. The number of nitrogens with zero attached hydrogens (tertiary/aromatic N) is 3. The first-order valence-corrected chi connectivity index (χ1v) is 6.58. The van der Waals surface area contributed by atoms with Gasteiger partial charge in [-0.15, -0.1) is 0 Å². The molecule has 1 aromatic carbocycles. The van der Waals surface area contributed by atoms with Gasteiger partial charge < -0.3 is 10.1 Å². The maximum Gasteiger partial charge on any atom is 0.349 e. The molecule has 1 heterocycles. The van der Waals surface area contributed by atoms with Crippen LogP contribution in [0.4, 0.5) is 11.6 Å². The van der Waals surface area contributed by atoms with E-state index in [1.807, 2.05) is 13.8 Å². The SMILES string of the molecule is CCNc1ncc([N+](=O)[O-])c(Oc2ccc(Cl)c(C)c2)n1. The second-order valence-electron chi connectivity index (χ2n) is 4.18. The van der Waals surface area contributed by atoms with Gasteiger partial charge in [-0.3, -0.25) is 10.1 Å². The summed E-state index contributed by atoms with van der Waals surface area (Å²) >= 11 is 5.93. The fourth-order valence-electron chi connectivity index (χ4n) is 1.60. The smallest absolute Gasteiger partial charge is 0.349 e. The monoisotopic (exact) mass is 308 g/mol. The van der Waals surface area contributed by atoms with Crippen molar-refractivity contribution in [1.29, 1.82) is 0 Å². The van der Waals surface area contributed by atoms with Crippen LogP contribution < -0.4 is 10.1 Å². The van der Waals surface area contributed by atoms with E-state index in [0.717, 1.165) is 11.8 Å². The lowest BCUT2D eigenvalue weighted by atomic mass is 10.2. The van der Waals surface area contributed by atoms with Gasteiger partial charge in [0.25, 0.3) is 0 Å². The molecule has 1 N–H and O–H groups in total. The number of aryl methyl sites for hydroxylation is 1. The lowest BCUT2D eigenvalue weighted by Gasteiger charge is -2.08. The van der Waals surface area contributed by atoms with Gasteiger partial charge in [-0.25, -0.2) is 4.98 Å². The van der Waals surface area contributed by atoms with Gasteiger partial charge in [-0.05, 0) is 37.6 Å². The van der Waals surface area contributed by atoms with Gasteiger partial charge in [-0.1, -0.05) is 11.6 Å². The third-order valence-electron chi connectivity index (χ3n) is 2.61. The van der Waals surface area contributed by atoms with E-state index >= 15 is 0 Å². The summed E-state index contributed by atoms with van der Waals surface area (Å²) in [4.78, 5) is 18.3. The molecule has 0 amide bonds. The molecule has 8 heteroatoms. The van der Waals surface area contributed by atoms with Crippen molar-refractivity contribution in [1.82, 2.24) is 9.97 Å². The first-order valence-electron chi connectivity index (χ1n) is 6.20. The molecular formula is C13H13ClN4O3. The van der Waals surface area contributed by atoms with Crippen LogP contribution in [0.5, 0.6) is 11.6 Å². The Labute approximate surface area is 126 Å². The van der Waals surface area contributed by atoms with Crippen LogP contribution >= 0.6 is 11.6 Å². The Morgan fingerprint density at radius 2 is 2.24 bits per heavy atom. The van der Waals surface area contributed by atoms with E-state index in [4.69, 9.17) is 16.3 Å². The Hall–Kier alpha value is -2.41. The van der Waals surface area contributed by atoms with Gasteiger partial charge in [0.15, 0.2) is 0 Å². The summed E-state index contributed by atoms with van der Waals surface area (Å²) in [6, 6.07) is 4.96. The predicted octanol–water partition coefficient (Wildman–Crippen LogP) is 3.57. The Morgan fingerprint density at radius 3 is 2.86 bits per heavy atom. The zero-order valence-corrected chi connectivity index (χ0v) is 12.2. The number of rotatable bonds is 5. The topological polar surface area (TPSA) is 90.2 Å². The maximum absolute atomic E-state index is 11.0. The van der Waals surface area contributed by atoms with Gasteiger partial charge >= 0.3 is 11.6 Å². The van der Waals surface area contributed by atoms with Crippen LogP contribution in [0, 0.1) is 17.0 Å². The van der Waals surface area contributed by atoms with Crippen molar-refractivity contribution in [2.75, 3.05) is 11.9 Å². The number of benzene rings is 1. The number of halogens is 1. The molecule has 0 bridgehead atoms. The van der Waals surface area contributed by atoms with Crippen molar-refractivity contribution in [2.45, 2.75) is 13.8 Å². The van der Waals surface area contributed by atoms with Gasteiger partial charge in [0, 0.05) is 11.6 Å². The zero-order valence-electron chi connectivity index (χ0n) is 11.5. The first-order chi connectivity index (χ1) is 10.0. The van der Waals surface area contributed by atoms with E-state index < -0.39 is 4.92 Å². The third-order valence-corrected chi connectivity index (χ3v) is 3.04. The summed E-state index contributed by atoms with van der Waals surface area (Å²) in [5.74, 6) is 0.567. The second-order valence-corrected chi connectivity index (χ2v) is 4.59. The molecule has 0 spiro atoms. The van der Waals surface area contributed by atoms with Crippen LogP contribution in [0.15, 0.2) is 24.4 Å². The van der Waals surface area contributed by atoms with Gasteiger partial charge in [0.1, 0.15) is 11.9 Å². The fourth-order valence-corrected chi connectivity index (χ4v) is 1.71. The van der Waals surface area contributed by atoms with Crippen molar-refractivity contribution in [3.05, 3.63) is 45.1 Å². The number of nitro groups is 1. The summed E-state index contributed by atoms with van der Waals surface area (Å²) in [7, 11) is 0. The molecule has 110 valence electrons. The molecule has 1 aromatic heterocycles. The van der Waals surface area contributed by atoms with E-state index in [0.29, 0.717) is 17.3 Å². The maximum atomic E-state index is 11.0. The minimum Gasteiger partial charge on any atom is -0.434 e. The average Bonchev–Trinajstić information content (AvgIpc) is 2.43. The Bertz CT molecular complexity index is 678. The Morgan fingerprint density at radius 1 is 1.48 bits per heavy atom. The van der Waals surface area contributed by atoms with Crippen molar-refractivity contribution < 1.29 is 9.66 Å². The summed E-state index contributed by atoms with van der Waals surface area (Å²) in [6.45, 7) is 4.28. The minimum atomic E-state index is -0.589. The largest absolute Gasteiger partial charge is 0.434 e. The molecular weight excluding hydrogens is 296 g/mol. The van der Waals surface area contributed by atoms with Crippen LogP contribution in [0.3, 0.4) is 0 Å². The zero-order chi connectivity index (χ0) is 15.4. The second kappa shape index (κ2) is 6.36.